The van der Waals surface area contributed by atoms with Crippen LogP contribution in [0.1, 0.15) is 18.4 Å². The minimum atomic E-state index is 0.199. The highest BCUT2D eigenvalue weighted by atomic mass is 35.5. The van der Waals surface area contributed by atoms with Gasteiger partial charge in [-0.1, -0.05) is 23.7 Å². The average Bonchev–Trinajstić information content (AvgIpc) is 2.82. The molecule has 0 aromatic heterocycles. The van der Waals surface area contributed by atoms with Gasteiger partial charge in [-0.25, -0.2) is 0 Å². The van der Waals surface area contributed by atoms with Gasteiger partial charge in [-0.3, -0.25) is 4.79 Å². The van der Waals surface area contributed by atoms with Crippen molar-refractivity contribution in [2.45, 2.75) is 19.4 Å². The zero-order valence-corrected chi connectivity index (χ0v) is 10.5. The van der Waals surface area contributed by atoms with Gasteiger partial charge in [0.15, 0.2) is 0 Å². The highest BCUT2D eigenvalue weighted by Gasteiger charge is 2.16. The summed E-state index contributed by atoms with van der Waals surface area (Å²) in [7, 11) is 0. The van der Waals surface area contributed by atoms with Crippen molar-refractivity contribution in [1.29, 1.82) is 0 Å². The van der Waals surface area contributed by atoms with Gasteiger partial charge in [0.05, 0.1) is 6.54 Å². The van der Waals surface area contributed by atoms with Crippen molar-refractivity contribution in [3.05, 3.63) is 34.9 Å². The first-order valence-corrected chi connectivity index (χ1v) is 6.36. The van der Waals surface area contributed by atoms with E-state index in [0.29, 0.717) is 13.1 Å². The molecule has 1 aliphatic rings. The minimum Gasteiger partial charge on any atom is -0.342 e. The SMILES string of the molecule is O=C(CNCc1cccc(Cl)c1)N1CCCC1. The van der Waals surface area contributed by atoms with E-state index in [0.717, 1.165) is 36.5 Å². The molecule has 1 aromatic carbocycles. The molecule has 1 aliphatic heterocycles. The number of nitrogens with one attached hydrogen (secondary N) is 1. The Morgan fingerprint density at radius 1 is 1.35 bits per heavy atom. The Labute approximate surface area is 107 Å². The second-order valence-corrected chi connectivity index (χ2v) is 4.76. The first-order valence-electron chi connectivity index (χ1n) is 5.98. The summed E-state index contributed by atoms with van der Waals surface area (Å²) in [5.74, 6) is 0.199. The normalized spacial score (nSPS) is 15.2. The highest BCUT2D eigenvalue weighted by Crippen LogP contribution is 2.10. The number of carbonyl (C=O) groups is 1. The van der Waals surface area contributed by atoms with Gasteiger partial charge in [0.1, 0.15) is 0 Å². The monoisotopic (exact) mass is 252 g/mol. The number of benzene rings is 1. The fourth-order valence-corrected chi connectivity index (χ4v) is 2.25. The first kappa shape index (κ1) is 12.4. The minimum absolute atomic E-state index is 0.199. The van der Waals surface area contributed by atoms with Crippen LogP contribution in [-0.2, 0) is 11.3 Å². The molecule has 1 heterocycles. The molecule has 0 aliphatic carbocycles. The van der Waals surface area contributed by atoms with Gasteiger partial charge in [0, 0.05) is 24.7 Å². The fourth-order valence-electron chi connectivity index (χ4n) is 2.04. The molecule has 1 saturated heterocycles. The molecular formula is C13H17ClN2O. The molecule has 0 unspecified atom stereocenters. The van der Waals surface area contributed by atoms with Crippen LogP contribution in [0.25, 0.3) is 0 Å². The van der Waals surface area contributed by atoms with Crippen molar-refractivity contribution >= 4 is 17.5 Å². The van der Waals surface area contributed by atoms with E-state index in [1.807, 2.05) is 29.2 Å². The topological polar surface area (TPSA) is 32.3 Å². The summed E-state index contributed by atoms with van der Waals surface area (Å²) < 4.78 is 0. The van der Waals surface area contributed by atoms with E-state index in [4.69, 9.17) is 11.6 Å². The Bertz CT molecular complexity index is 389. The highest BCUT2D eigenvalue weighted by molar-refractivity contribution is 6.30. The molecular weight excluding hydrogens is 236 g/mol. The molecule has 0 spiro atoms. The van der Waals surface area contributed by atoms with Gasteiger partial charge in [-0.2, -0.15) is 0 Å². The molecule has 0 bridgehead atoms. The summed E-state index contributed by atoms with van der Waals surface area (Å²) in [4.78, 5) is 13.7. The van der Waals surface area contributed by atoms with E-state index in [1.54, 1.807) is 0 Å². The number of amides is 1. The number of rotatable bonds is 4. The lowest BCUT2D eigenvalue weighted by atomic mass is 10.2. The van der Waals surface area contributed by atoms with Gasteiger partial charge in [0.25, 0.3) is 0 Å². The van der Waals surface area contributed by atoms with Crippen LogP contribution in [0.4, 0.5) is 0 Å². The summed E-state index contributed by atoms with van der Waals surface area (Å²) in [6.45, 7) is 2.92. The van der Waals surface area contributed by atoms with Crippen LogP contribution in [0.15, 0.2) is 24.3 Å². The van der Waals surface area contributed by atoms with Gasteiger partial charge in [-0.15, -0.1) is 0 Å². The Kier molecular flexibility index (Phi) is 4.40. The third-order valence-electron chi connectivity index (χ3n) is 2.95. The number of nitrogens with zero attached hydrogens (tertiary/aromatic N) is 1. The molecule has 17 heavy (non-hydrogen) atoms. The Morgan fingerprint density at radius 2 is 2.12 bits per heavy atom. The van der Waals surface area contributed by atoms with Crippen molar-refractivity contribution in [2.24, 2.45) is 0 Å². The summed E-state index contributed by atoms with van der Waals surface area (Å²) in [6, 6.07) is 7.68. The van der Waals surface area contributed by atoms with Crippen LogP contribution in [0.3, 0.4) is 0 Å². The molecule has 4 heteroatoms. The lowest BCUT2D eigenvalue weighted by Crippen LogP contribution is -2.35. The van der Waals surface area contributed by atoms with Crippen LogP contribution in [0.5, 0.6) is 0 Å². The van der Waals surface area contributed by atoms with Crippen LogP contribution < -0.4 is 5.32 Å². The van der Waals surface area contributed by atoms with Crippen molar-refractivity contribution in [1.82, 2.24) is 10.2 Å². The standard InChI is InChI=1S/C13H17ClN2O/c14-12-5-3-4-11(8-12)9-15-10-13(17)16-6-1-2-7-16/h3-5,8,15H,1-2,6-7,9-10H2. The van der Waals surface area contributed by atoms with Crippen LogP contribution in [-0.4, -0.2) is 30.4 Å². The molecule has 0 radical (unpaired) electrons. The predicted octanol–water partition coefficient (Wildman–Crippen LogP) is 2.05. The largest absolute Gasteiger partial charge is 0.342 e. The van der Waals surface area contributed by atoms with Gasteiger partial charge in [0.2, 0.25) is 5.91 Å². The van der Waals surface area contributed by atoms with E-state index >= 15 is 0 Å². The molecule has 1 amide bonds. The third-order valence-corrected chi connectivity index (χ3v) is 3.19. The van der Waals surface area contributed by atoms with Crippen molar-refractivity contribution in [3.63, 3.8) is 0 Å². The van der Waals surface area contributed by atoms with Crippen molar-refractivity contribution in [3.8, 4) is 0 Å². The predicted molar refractivity (Wildman–Crippen MR) is 69.0 cm³/mol. The first-order chi connectivity index (χ1) is 8.25. The van der Waals surface area contributed by atoms with Crippen LogP contribution >= 0.6 is 11.6 Å². The zero-order valence-electron chi connectivity index (χ0n) is 9.79. The molecule has 0 atom stereocenters. The second kappa shape index (κ2) is 6.03. The summed E-state index contributed by atoms with van der Waals surface area (Å²) in [6.07, 6.45) is 2.28. The maximum atomic E-state index is 11.7. The van der Waals surface area contributed by atoms with E-state index in [9.17, 15) is 4.79 Å². The van der Waals surface area contributed by atoms with Gasteiger partial charge in [-0.05, 0) is 30.5 Å². The van der Waals surface area contributed by atoms with Gasteiger partial charge < -0.3 is 10.2 Å². The maximum Gasteiger partial charge on any atom is 0.236 e. The van der Waals surface area contributed by atoms with Gasteiger partial charge >= 0.3 is 0 Å². The average molecular weight is 253 g/mol. The second-order valence-electron chi connectivity index (χ2n) is 4.32. The molecule has 92 valence electrons. The van der Waals surface area contributed by atoms with E-state index in [2.05, 4.69) is 5.32 Å². The molecule has 1 aromatic rings. The Balaban J connectivity index is 1.73. The number of likely N-dealkylation sites (tertiary alicyclic amines) is 1. The van der Waals surface area contributed by atoms with Crippen LogP contribution in [0, 0.1) is 0 Å². The van der Waals surface area contributed by atoms with E-state index in [-0.39, 0.29) is 5.91 Å². The molecule has 3 nitrogen and oxygen atoms in total. The number of hydrogen-bond donors (Lipinski definition) is 1. The number of halogens is 1. The summed E-state index contributed by atoms with van der Waals surface area (Å²) in [5.41, 5.74) is 1.10. The zero-order chi connectivity index (χ0) is 12.1. The fraction of sp³-hybridized carbons (Fsp3) is 0.462. The van der Waals surface area contributed by atoms with Crippen molar-refractivity contribution < 1.29 is 4.79 Å². The Hall–Kier alpha value is -1.06. The molecule has 0 saturated carbocycles. The van der Waals surface area contributed by atoms with E-state index in [1.165, 1.54) is 0 Å². The van der Waals surface area contributed by atoms with Crippen LogP contribution in [0.2, 0.25) is 5.02 Å². The molecule has 1 fully saturated rings. The lowest BCUT2D eigenvalue weighted by molar-refractivity contribution is -0.129. The maximum absolute atomic E-state index is 11.7. The number of hydrogen-bond acceptors (Lipinski definition) is 2. The molecule has 1 N–H and O–H groups in total. The third kappa shape index (κ3) is 3.72. The quantitative estimate of drug-likeness (QED) is 0.890. The Morgan fingerprint density at radius 3 is 2.82 bits per heavy atom. The van der Waals surface area contributed by atoms with E-state index < -0.39 is 0 Å². The molecule has 2 rings (SSSR count). The summed E-state index contributed by atoms with van der Waals surface area (Å²) in [5, 5.41) is 3.89. The summed E-state index contributed by atoms with van der Waals surface area (Å²) >= 11 is 5.89. The lowest BCUT2D eigenvalue weighted by Gasteiger charge is -2.15. The smallest absolute Gasteiger partial charge is 0.236 e. The number of carbonyl (C=O) groups excluding carboxylic acids is 1. The van der Waals surface area contributed by atoms with Crippen molar-refractivity contribution in [2.75, 3.05) is 19.6 Å².